The van der Waals surface area contributed by atoms with Gasteiger partial charge in [-0.1, -0.05) is 0 Å². The lowest BCUT2D eigenvalue weighted by atomic mass is 10.0. The first-order chi connectivity index (χ1) is 12.4. The average molecular weight is 372 g/mol. The number of aromatic nitrogens is 1. The molecule has 0 aromatic carbocycles. The van der Waals surface area contributed by atoms with E-state index >= 15 is 0 Å². The Morgan fingerprint density at radius 3 is 2.62 bits per heavy atom. The number of ether oxygens (including phenoxy) is 1. The largest absolute Gasteiger partial charge is 0.449 e. The van der Waals surface area contributed by atoms with Crippen molar-refractivity contribution in [1.82, 2.24) is 15.2 Å². The van der Waals surface area contributed by atoms with Crippen LogP contribution in [0.5, 0.6) is 0 Å². The fourth-order valence-electron chi connectivity index (χ4n) is 3.26. The van der Waals surface area contributed by atoms with E-state index in [2.05, 4.69) is 10.3 Å². The van der Waals surface area contributed by atoms with Crippen molar-refractivity contribution >= 4 is 11.9 Å². The number of rotatable bonds is 5. The smallest absolute Gasteiger partial charge is 0.417 e. The van der Waals surface area contributed by atoms with Gasteiger partial charge >= 0.3 is 12.3 Å². The van der Waals surface area contributed by atoms with Crippen LogP contribution >= 0.6 is 0 Å². The van der Waals surface area contributed by atoms with Gasteiger partial charge in [-0.05, 0) is 31.4 Å². The molecule has 2 fully saturated rings. The van der Waals surface area contributed by atoms with Gasteiger partial charge in [0.1, 0.15) is 5.82 Å². The maximum atomic E-state index is 12.6. The van der Waals surface area contributed by atoms with E-state index < -0.39 is 11.7 Å². The zero-order valence-electron chi connectivity index (χ0n) is 14.5. The maximum absolute atomic E-state index is 12.6. The maximum Gasteiger partial charge on any atom is 0.417 e. The highest BCUT2D eigenvalue weighted by Gasteiger charge is 2.31. The standard InChI is InChI=1S/C17H23F3N4O2/c18-17(19,20)13-2-3-15(22-12-13)23-8-4-14(5-9-23)21-6-10-24-7-1-11-26-16(24)25/h2-3,12,14,21H,1,4-11H2. The van der Waals surface area contributed by atoms with Crippen LogP contribution in [0.15, 0.2) is 18.3 Å². The van der Waals surface area contributed by atoms with Gasteiger partial charge in [0.15, 0.2) is 0 Å². The van der Waals surface area contributed by atoms with Gasteiger partial charge in [0, 0.05) is 45.0 Å². The average Bonchev–Trinajstić information content (AvgIpc) is 2.63. The van der Waals surface area contributed by atoms with Crippen LogP contribution in [0, 0.1) is 0 Å². The molecular formula is C17H23F3N4O2. The predicted molar refractivity (Wildman–Crippen MR) is 90.0 cm³/mol. The summed E-state index contributed by atoms with van der Waals surface area (Å²) in [4.78, 5) is 19.2. The number of halogens is 3. The molecule has 0 saturated carbocycles. The highest BCUT2D eigenvalue weighted by atomic mass is 19.4. The van der Waals surface area contributed by atoms with Gasteiger partial charge < -0.3 is 19.9 Å². The van der Waals surface area contributed by atoms with Gasteiger partial charge in [-0.3, -0.25) is 0 Å². The predicted octanol–water partition coefficient (Wildman–Crippen LogP) is 2.50. The third-order valence-corrected chi connectivity index (χ3v) is 4.76. The molecule has 0 spiro atoms. The molecule has 0 radical (unpaired) electrons. The molecule has 3 rings (SSSR count). The quantitative estimate of drug-likeness (QED) is 0.861. The molecule has 1 aromatic rings. The highest BCUT2D eigenvalue weighted by Crippen LogP contribution is 2.29. The van der Waals surface area contributed by atoms with Gasteiger partial charge in [0.05, 0.1) is 12.2 Å². The molecule has 26 heavy (non-hydrogen) atoms. The highest BCUT2D eigenvalue weighted by molar-refractivity contribution is 5.68. The number of piperidine rings is 1. The SMILES string of the molecule is O=C1OCCCN1CCNC1CCN(c2ccc(C(F)(F)F)cn2)CC1. The first-order valence-electron chi connectivity index (χ1n) is 8.87. The molecule has 144 valence electrons. The van der Waals surface area contributed by atoms with E-state index in [1.165, 1.54) is 6.07 Å². The molecule has 9 heteroatoms. The number of carbonyl (C=O) groups excluding carboxylic acids is 1. The van der Waals surface area contributed by atoms with Crippen LogP contribution < -0.4 is 10.2 Å². The summed E-state index contributed by atoms with van der Waals surface area (Å²) in [6.07, 6.45) is -1.09. The van der Waals surface area contributed by atoms with E-state index in [1.807, 2.05) is 4.90 Å². The molecule has 0 atom stereocenters. The van der Waals surface area contributed by atoms with E-state index in [0.717, 1.165) is 51.2 Å². The van der Waals surface area contributed by atoms with E-state index in [0.29, 0.717) is 31.6 Å². The van der Waals surface area contributed by atoms with Crippen molar-refractivity contribution in [2.45, 2.75) is 31.5 Å². The van der Waals surface area contributed by atoms with Crippen LogP contribution in [0.1, 0.15) is 24.8 Å². The molecule has 2 aliphatic heterocycles. The van der Waals surface area contributed by atoms with Crippen molar-refractivity contribution in [2.75, 3.05) is 44.2 Å². The molecule has 1 N–H and O–H groups in total. The summed E-state index contributed by atoms with van der Waals surface area (Å²) in [5.41, 5.74) is -0.728. The number of cyclic esters (lactones) is 1. The van der Waals surface area contributed by atoms with Crippen molar-refractivity contribution in [3.63, 3.8) is 0 Å². The summed E-state index contributed by atoms with van der Waals surface area (Å²) in [6, 6.07) is 2.84. The fraction of sp³-hybridized carbons (Fsp3) is 0.647. The molecule has 2 aliphatic rings. The minimum atomic E-state index is -4.36. The Morgan fingerprint density at radius 2 is 2.00 bits per heavy atom. The van der Waals surface area contributed by atoms with E-state index in [1.54, 1.807) is 4.90 Å². The Labute approximate surface area is 150 Å². The van der Waals surface area contributed by atoms with E-state index in [9.17, 15) is 18.0 Å². The van der Waals surface area contributed by atoms with Crippen molar-refractivity contribution < 1.29 is 22.7 Å². The monoisotopic (exact) mass is 372 g/mol. The van der Waals surface area contributed by atoms with Crippen molar-refractivity contribution in [2.24, 2.45) is 0 Å². The number of hydrogen-bond donors (Lipinski definition) is 1. The van der Waals surface area contributed by atoms with Gasteiger partial charge in [0.25, 0.3) is 0 Å². The third-order valence-electron chi connectivity index (χ3n) is 4.76. The summed E-state index contributed by atoms with van der Waals surface area (Å²) in [5, 5.41) is 3.45. The number of pyridine rings is 1. The van der Waals surface area contributed by atoms with Crippen LogP contribution in [-0.4, -0.2) is 61.3 Å². The number of nitrogens with zero attached hydrogens (tertiary/aromatic N) is 3. The lowest BCUT2D eigenvalue weighted by Crippen LogP contribution is -2.46. The number of alkyl halides is 3. The van der Waals surface area contributed by atoms with Crippen molar-refractivity contribution in [3.8, 4) is 0 Å². The first-order valence-corrected chi connectivity index (χ1v) is 8.87. The van der Waals surface area contributed by atoms with Crippen molar-refractivity contribution in [1.29, 1.82) is 0 Å². The number of anilines is 1. The van der Waals surface area contributed by atoms with Crippen LogP contribution in [0.25, 0.3) is 0 Å². The van der Waals surface area contributed by atoms with Crippen LogP contribution in [0.4, 0.5) is 23.8 Å². The van der Waals surface area contributed by atoms with Crippen molar-refractivity contribution in [3.05, 3.63) is 23.9 Å². The second kappa shape index (κ2) is 8.11. The summed E-state index contributed by atoms with van der Waals surface area (Å²) in [6.45, 7) is 4.04. The minimum Gasteiger partial charge on any atom is -0.449 e. The molecule has 6 nitrogen and oxygen atoms in total. The molecule has 0 bridgehead atoms. The molecular weight excluding hydrogens is 349 g/mol. The lowest BCUT2D eigenvalue weighted by molar-refractivity contribution is -0.137. The molecule has 1 amide bonds. The van der Waals surface area contributed by atoms with Crippen LogP contribution in [0.2, 0.25) is 0 Å². The number of hydrogen-bond acceptors (Lipinski definition) is 5. The zero-order valence-corrected chi connectivity index (χ0v) is 14.5. The van der Waals surface area contributed by atoms with Gasteiger partial charge in [0.2, 0.25) is 0 Å². The Kier molecular flexibility index (Phi) is 5.85. The van der Waals surface area contributed by atoms with E-state index in [-0.39, 0.29) is 6.09 Å². The van der Waals surface area contributed by atoms with Crippen LogP contribution in [-0.2, 0) is 10.9 Å². The lowest BCUT2D eigenvalue weighted by Gasteiger charge is -2.34. The molecule has 3 heterocycles. The molecule has 0 aliphatic carbocycles. The first kappa shape index (κ1) is 18.8. The van der Waals surface area contributed by atoms with Crippen LogP contribution in [0.3, 0.4) is 0 Å². The molecule has 1 aromatic heterocycles. The molecule has 2 saturated heterocycles. The molecule has 0 unspecified atom stereocenters. The van der Waals surface area contributed by atoms with E-state index in [4.69, 9.17) is 4.74 Å². The summed E-state index contributed by atoms with van der Waals surface area (Å²) < 4.78 is 42.8. The Balaban J connectivity index is 1.40. The summed E-state index contributed by atoms with van der Waals surface area (Å²) in [7, 11) is 0. The topological polar surface area (TPSA) is 57.7 Å². The second-order valence-electron chi connectivity index (χ2n) is 6.57. The van der Waals surface area contributed by atoms with Gasteiger partial charge in [-0.25, -0.2) is 9.78 Å². The van der Waals surface area contributed by atoms with Gasteiger partial charge in [-0.2, -0.15) is 13.2 Å². The Morgan fingerprint density at radius 1 is 1.23 bits per heavy atom. The zero-order chi connectivity index (χ0) is 18.6. The third kappa shape index (κ3) is 4.78. The Hall–Kier alpha value is -2.03. The fourth-order valence-corrected chi connectivity index (χ4v) is 3.26. The second-order valence-corrected chi connectivity index (χ2v) is 6.57. The number of carbonyl (C=O) groups is 1. The summed E-state index contributed by atoms with van der Waals surface area (Å²) in [5.74, 6) is 0.576. The normalized spacial score (nSPS) is 19.6. The number of nitrogens with one attached hydrogen (secondary N) is 1. The number of amides is 1. The minimum absolute atomic E-state index is 0.249. The van der Waals surface area contributed by atoms with Gasteiger partial charge in [-0.15, -0.1) is 0 Å². The summed E-state index contributed by atoms with van der Waals surface area (Å²) >= 11 is 0. The Bertz CT molecular complexity index is 601.